The number of aromatic nitrogens is 2. The molecule has 4 nitrogen and oxygen atoms in total. The first kappa shape index (κ1) is 19.6. The minimum absolute atomic E-state index is 0.260. The Morgan fingerprint density at radius 1 is 1.14 bits per heavy atom. The van der Waals surface area contributed by atoms with Crippen molar-refractivity contribution in [3.63, 3.8) is 0 Å². The third-order valence-electron chi connectivity index (χ3n) is 4.15. The van der Waals surface area contributed by atoms with Crippen molar-refractivity contribution in [2.45, 2.75) is 13.5 Å². The minimum atomic E-state index is -0.276. The third kappa shape index (κ3) is 3.75. The minimum Gasteiger partial charge on any atom is -0.278 e. The predicted molar refractivity (Wildman–Crippen MR) is 118 cm³/mol. The van der Waals surface area contributed by atoms with Crippen molar-refractivity contribution in [2.24, 2.45) is 0 Å². The molecule has 0 spiro atoms. The maximum atomic E-state index is 13.3. The SMILES string of the molecule is Cc1c(Cl)ccc2sc(N(Cc3ccccn3)C(=O)c3cc(Cl)sc3Cl)nc12. The van der Waals surface area contributed by atoms with Crippen molar-refractivity contribution in [1.29, 1.82) is 0 Å². The van der Waals surface area contributed by atoms with Gasteiger partial charge in [0.05, 0.1) is 32.4 Å². The summed E-state index contributed by atoms with van der Waals surface area (Å²) in [4.78, 5) is 23.9. The fourth-order valence-corrected chi connectivity index (χ4v) is 5.34. The lowest BCUT2D eigenvalue weighted by Crippen LogP contribution is -2.30. The number of aryl methyl sites for hydroxylation is 1. The third-order valence-corrected chi connectivity index (χ3v) is 7.09. The van der Waals surface area contributed by atoms with Gasteiger partial charge in [0, 0.05) is 11.2 Å². The number of amides is 1. The summed E-state index contributed by atoms with van der Waals surface area (Å²) in [6.45, 7) is 2.17. The highest BCUT2D eigenvalue weighted by Gasteiger charge is 2.26. The molecule has 0 aliphatic carbocycles. The van der Waals surface area contributed by atoms with E-state index in [1.807, 2.05) is 37.3 Å². The van der Waals surface area contributed by atoms with Gasteiger partial charge in [-0.3, -0.25) is 14.7 Å². The van der Waals surface area contributed by atoms with Crippen LogP contribution in [-0.4, -0.2) is 15.9 Å². The highest BCUT2D eigenvalue weighted by molar-refractivity contribution is 7.22. The van der Waals surface area contributed by atoms with Gasteiger partial charge in [-0.1, -0.05) is 52.2 Å². The molecule has 1 aromatic carbocycles. The van der Waals surface area contributed by atoms with Crippen LogP contribution in [0.15, 0.2) is 42.6 Å². The summed E-state index contributed by atoms with van der Waals surface area (Å²) in [6.07, 6.45) is 1.69. The van der Waals surface area contributed by atoms with Gasteiger partial charge in [0.15, 0.2) is 5.13 Å². The van der Waals surface area contributed by atoms with Gasteiger partial charge in [-0.2, -0.15) is 0 Å². The summed E-state index contributed by atoms with van der Waals surface area (Å²) in [6, 6.07) is 10.9. The average Bonchev–Trinajstić information content (AvgIpc) is 3.26. The van der Waals surface area contributed by atoms with E-state index in [-0.39, 0.29) is 12.5 Å². The Kier molecular flexibility index (Phi) is 5.58. The van der Waals surface area contributed by atoms with Gasteiger partial charge in [0.25, 0.3) is 5.91 Å². The molecular formula is C19H12Cl3N3OS2. The lowest BCUT2D eigenvalue weighted by Gasteiger charge is -2.19. The number of thiophene rings is 1. The number of fused-ring (bicyclic) bond motifs is 1. The van der Waals surface area contributed by atoms with Crippen LogP contribution in [0.1, 0.15) is 21.6 Å². The number of thiazole rings is 1. The van der Waals surface area contributed by atoms with Crippen LogP contribution in [0, 0.1) is 6.92 Å². The first-order valence-electron chi connectivity index (χ1n) is 8.16. The molecule has 1 amide bonds. The summed E-state index contributed by atoms with van der Waals surface area (Å²) >= 11 is 21.1. The number of carbonyl (C=O) groups is 1. The molecule has 0 unspecified atom stereocenters. The van der Waals surface area contributed by atoms with Crippen molar-refractivity contribution in [3.05, 3.63) is 73.1 Å². The van der Waals surface area contributed by atoms with Gasteiger partial charge in [-0.15, -0.1) is 11.3 Å². The van der Waals surface area contributed by atoms with Crippen LogP contribution >= 0.6 is 57.5 Å². The Labute approximate surface area is 184 Å². The molecule has 0 atom stereocenters. The van der Waals surface area contributed by atoms with Crippen LogP contribution < -0.4 is 4.90 Å². The molecule has 0 aliphatic rings. The van der Waals surface area contributed by atoms with Gasteiger partial charge in [0.1, 0.15) is 4.34 Å². The Morgan fingerprint density at radius 2 is 1.96 bits per heavy atom. The van der Waals surface area contributed by atoms with E-state index in [9.17, 15) is 4.79 Å². The van der Waals surface area contributed by atoms with Crippen LogP contribution in [0.2, 0.25) is 13.7 Å². The molecule has 9 heteroatoms. The first-order valence-corrected chi connectivity index (χ1v) is 10.9. The fourth-order valence-electron chi connectivity index (χ4n) is 2.72. The summed E-state index contributed by atoms with van der Waals surface area (Å²) in [5.74, 6) is -0.276. The number of carbonyl (C=O) groups excluding carboxylic acids is 1. The summed E-state index contributed by atoms with van der Waals surface area (Å²) in [7, 11) is 0. The van der Waals surface area contributed by atoms with Crippen LogP contribution in [0.5, 0.6) is 0 Å². The molecule has 0 fully saturated rings. The molecular weight excluding hydrogens is 457 g/mol. The number of halogens is 3. The number of hydrogen-bond donors (Lipinski definition) is 0. The number of rotatable bonds is 4. The highest BCUT2D eigenvalue weighted by atomic mass is 35.5. The van der Waals surface area contributed by atoms with E-state index in [1.165, 1.54) is 11.3 Å². The molecule has 3 heterocycles. The molecule has 142 valence electrons. The van der Waals surface area contributed by atoms with Crippen LogP contribution in [0.4, 0.5) is 5.13 Å². The monoisotopic (exact) mass is 467 g/mol. The quantitative estimate of drug-likeness (QED) is 0.328. The lowest BCUT2D eigenvalue weighted by molar-refractivity contribution is 0.0985. The average molecular weight is 469 g/mol. The van der Waals surface area contributed by atoms with Crippen molar-refractivity contribution in [1.82, 2.24) is 9.97 Å². The number of hydrogen-bond acceptors (Lipinski definition) is 5. The van der Waals surface area contributed by atoms with Gasteiger partial charge in [0.2, 0.25) is 0 Å². The first-order chi connectivity index (χ1) is 13.4. The normalized spacial score (nSPS) is 11.1. The number of anilines is 1. The highest BCUT2D eigenvalue weighted by Crippen LogP contribution is 2.37. The zero-order valence-electron chi connectivity index (χ0n) is 14.4. The largest absolute Gasteiger partial charge is 0.278 e. The maximum Gasteiger partial charge on any atom is 0.262 e. The fraction of sp³-hybridized carbons (Fsp3) is 0.105. The number of nitrogens with zero attached hydrogens (tertiary/aromatic N) is 3. The molecule has 0 bridgehead atoms. The molecule has 3 aromatic heterocycles. The van der Waals surface area contributed by atoms with E-state index in [4.69, 9.17) is 39.8 Å². The van der Waals surface area contributed by atoms with E-state index in [1.54, 1.807) is 17.2 Å². The van der Waals surface area contributed by atoms with E-state index in [2.05, 4.69) is 4.98 Å². The zero-order chi connectivity index (χ0) is 19.8. The predicted octanol–water partition coefficient (Wildman–Crippen LogP) is 6.87. The second-order valence-corrected chi connectivity index (χ2v) is 9.67. The summed E-state index contributed by atoms with van der Waals surface area (Å²) < 4.78 is 1.75. The standard InChI is InChI=1S/C19H12Cl3N3OS2/c1-10-13(20)5-6-14-16(10)24-19(27-14)25(9-11-4-2-3-7-23-11)18(26)12-8-15(21)28-17(12)22/h2-8H,9H2,1H3. The Morgan fingerprint density at radius 3 is 2.64 bits per heavy atom. The molecule has 4 rings (SSSR count). The lowest BCUT2D eigenvalue weighted by atomic mass is 10.2. The molecule has 0 N–H and O–H groups in total. The van der Waals surface area contributed by atoms with Crippen molar-refractivity contribution >= 4 is 78.7 Å². The van der Waals surface area contributed by atoms with Gasteiger partial charge < -0.3 is 0 Å². The Hall–Kier alpha value is -1.70. The topological polar surface area (TPSA) is 46.1 Å². The molecule has 28 heavy (non-hydrogen) atoms. The smallest absolute Gasteiger partial charge is 0.262 e. The molecule has 0 aliphatic heterocycles. The van der Waals surface area contributed by atoms with Crippen molar-refractivity contribution in [3.8, 4) is 0 Å². The van der Waals surface area contributed by atoms with Crippen molar-refractivity contribution in [2.75, 3.05) is 4.90 Å². The maximum absolute atomic E-state index is 13.3. The van der Waals surface area contributed by atoms with Crippen LogP contribution in [0.3, 0.4) is 0 Å². The van der Waals surface area contributed by atoms with Crippen LogP contribution in [-0.2, 0) is 6.54 Å². The second kappa shape index (κ2) is 7.97. The van der Waals surface area contributed by atoms with E-state index in [0.29, 0.717) is 24.4 Å². The van der Waals surface area contributed by atoms with E-state index < -0.39 is 0 Å². The van der Waals surface area contributed by atoms with E-state index in [0.717, 1.165) is 32.8 Å². The van der Waals surface area contributed by atoms with Gasteiger partial charge in [-0.05, 0) is 42.8 Å². The van der Waals surface area contributed by atoms with E-state index >= 15 is 0 Å². The molecule has 0 saturated carbocycles. The van der Waals surface area contributed by atoms with Gasteiger partial charge in [-0.25, -0.2) is 4.98 Å². The molecule has 4 aromatic rings. The Balaban J connectivity index is 1.82. The zero-order valence-corrected chi connectivity index (χ0v) is 18.3. The second-order valence-electron chi connectivity index (χ2n) is 5.97. The summed E-state index contributed by atoms with van der Waals surface area (Å²) in [5.41, 5.74) is 2.74. The number of benzene rings is 1. The van der Waals surface area contributed by atoms with Gasteiger partial charge >= 0.3 is 0 Å². The van der Waals surface area contributed by atoms with Crippen LogP contribution in [0.25, 0.3) is 10.2 Å². The van der Waals surface area contributed by atoms with Crippen molar-refractivity contribution < 1.29 is 4.79 Å². The Bertz CT molecular complexity index is 1170. The molecule has 0 radical (unpaired) electrons. The number of pyridine rings is 1. The molecule has 0 saturated heterocycles. The summed E-state index contributed by atoms with van der Waals surface area (Å²) in [5, 5.41) is 1.19.